The molecule has 4 rings (SSSR count). The smallest absolute Gasteiger partial charge is 0.320 e. The highest BCUT2D eigenvalue weighted by atomic mass is 19.3. The molecule has 1 aliphatic rings. The molecule has 0 aliphatic carbocycles. The predicted octanol–water partition coefficient (Wildman–Crippen LogP) is 3.75. The fourth-order valence-corrected chi connectivity index (χ4v) is 3.43. The van der Waals surface area contributed by atoms with Gasteiger partial charge in [0.25, 0.3) is 0 Å². The van der Waals surface area contributed by atoms with Gasteiger partial charge in [0.2, 0.25) is 0 Å². The third-order valence-electron chi connectivity index (χ3n) is 4.72. The van der Waals surface area contributed by atoms with E-state index in [0.29, 0.717) is 23.4 Å². The molecule has 0 N–H and O–H groups in total. The Morgan fingerprint density at radius 2 is 1.56 bits per heavy atom. The molecular formula is C19H20F2N4. The summed E-state index contributed by atoms with van der Waals surface area (Å²) >= 11 is 0. The average molecular weight is 342 g/mol. The molecule has 1 aromatic heterocycles. The summed E-state index contributed by atoms with van der Waals surface area (Å²) in [6.07, 6.45) is 0. The van der Waals surface area contributed by atoms with Crippen LogP contribution in [0.2, 0.25) is 0 Å². The highest BCUT2D eigenvalue weighted by molar-refractivity contribution is 5.75. The second kappa shape index (κ2) is 6.80. The monoisotopic (exact) mass is 342 g/mol. The molecule has 0 bridgehead atoms. The topological polar surface area (TPSA) is 24.3 Å². The molecule has 1 aliphatic heterocycles. The van der Waals surface area contributed by atoms with Gasteiger partial charge in [0.05, 0.1) is 17.6 Å². The normalized spacial score (nSPS) is 16.0. The van der Waals surface area contributed by atoms with Crippen molar-refractivity contribution in [1.82, 2.24) is 14.5 Å². The third kappa shape index (κ3) is 3.22. The first-order valence-electron chi connectivity index (χ1n) is 8.49. The van der Waals surface area contributed by atoms with E-state index < -0.39 is 6.55 Å². The fraction of sp³-hybridized carbons (Fsp3) is 0.316. The lowest BCUT2D eigenvalue weighted by Gasteiger charge is -2.35. The van der Waals surface area contributed by atoms with Crippen LogP contribution in [0.25, 0.3) is 11.0 Å². The molecular weight excluding hydrogens is 322 g/mol. The Hall–Kier alpha value is -2.47. The van der Waals surface area contributed by atoms with E-state index in [1.165, 1.54) is 5.69 Å². The van der Waals surface area contributed by atoms with Crippen LogP contribution in [0.1, 0.15) is 12.4 Å². The second-order valence-electron chi connectivity index (χ2n) is 6.26. The minimum Gasteiger partial charge on any atom is -0.369 e. The Morgan fingerprint density at radius 3 is 2.28 bits per heavy atom. The summed E-state index contributed by atoms with van der Waals surface area (Å²) in [7, 11) is 0. The maximum absolute atomic E-state index is 13.5. The number of hydrogen-bond acceptors (Lipinski definition) is 3. The summed E-state index contributed by atoms with van der Waals surface area (Å²) in [5.74, 6) is 0.435. The molecule has 0 atom stereocenters. The number of benzene rings is 2. The van der Waals surface area contributed by atoms with Gasteiger partial charge in [-0.15, -0.1) is 0 Å². The van der Waals surface area contributed by atoms with E-state index in [0.717, 1.165) is 30.7 Å². The van der Waals surface area contributed by atoms with Crippen LogP contribution in [-0.2, 0) is 6.54 Å². The van der Waals surface area contributed by atoms with Crippen molar-refractivity contribution in [3.05, 3.63) is 60.4 Å². The summed E-state index contributed by atoms with van der Waals surface area (Å²) in [6, 6.07) is 17.4. The summed E-state index contributed by atoms with van der Waals surface area (Å²) in [6.45, 7) is 1.32. The first-order valence-corrected chi connectivity index (χ1v) is 8.49. The van der Waals surface area contributed by atoms with Crippen molar-refractivity contribution in [3.8, 4) is 0 Å². The Morgan fingerprint density at radius 1 is 0.880 bits per heavy atom. The Balaban J connectivity index is 1.49. The summed E-state index contributed by atoms with van der Waals surface area (Å²) in [5.41, 5.74) is 2.33. The van der Waals surface area contributed by atoms with Crippen molar-refractivity contribution in [1.29, 1.82) is 0 Å². The second-order valence-corrected chi connectivity index (χ2v) is 6.26. The lowest BCUT2D eigenvalue weighted by Crippen LogP contribution is -2.46. The zero-order valence-corrected chi connectivity index (χ0v) is 13.9. The van der Waals surface area contributed by atoms with Gasteiger partial charge in [0.15, 0.2) is 0 Å². The van der Waals surface area contributed by atoms with Gasteiger partial charge < -0.3 is 4.90 Å². The van der Waals surface area contributed by atoms with Gasteiger partial charge in [-0.3, -0.25) is 9.47 Å². The molecule has 1 fully saturated rings. The minimum absolute atomic E-state index is 0.435. The number of hydrogen-bond donors (Lipinski definition) is 0. The number of alkyl halides is 2. The number of fused-ring (bicyclic) bond motifs is 1. The first kappa shape index (κ1) is 16.0. The molecule has 1 saturated heterocycles. The minimum atomic E-state index is -2.58. The van der Waals surface area contributed by atoms with Gasteiger partial charge in [-0.2, -0.15) is 8.78 Å². The zero-order valence-electron chi connectivity index (χ0n) is 13.9. The molecule has 2 heterocycles. The van der Waals surface area contributed by atoms with Crippen molar-refractivity contribution in [2.24, 2.45) is 0 Å². The van der Waals surface area contributed by atoms with Gasteiger partial charge in [0, 0.05) is 31.9 Å². The van der Waals surface area contributed by atoms with E-state index in [2.05, 4.69) is 26.9 Å². The van der Waals surface area contributed by atoms with E-state index in [-0.39, 0.29) is 0 Å². The number of rotatable bonds is 4. The summed E-state index contributed by atoms with van der Waals surface area (Å²) in [4.78, 5) is 8.95. The highest BCUT2D eigenvalue weighted by Gasteiger charge is 2.22. The summed E-state index contributed by atoms with van der Waals surface area (Å²) in [5, 5.41) is 0. The van der Waals surface area contributed by atoms with Gasteiger partial charge in [0.1, 0.15) is 5.82 Å². The molecule has 6 heteroatoms. The van der Waals surface area contributed by atoms with Gasteiger partial charge in [-0.25, -0.2) is 4.98 Å². The van der Waals surface area contributed by atoms with Gasteiger partial charge in [-0.1, -0.05) is 30.3 Å². The van der Waals surface area contributed by atoms with E-state index in [4.69, 9.17) is 0 Å². The average Bonchev–Trinajstić information content (AvgIpc) is 3.01. The molecule has 3 aromatic rings. The highest BCUT2D eigenvalue weighted by Crippen LogP contribution is 2.24. The predicted molar refractivity (Wildman–Crippen MR) is 94.9 cm³/mol. The van der Waals surface area contributed by atoms with Gasteiger partial charge in [-0.05, 0) is 24.3 Å². The number of aromatic nitrogens is 2. The van der Waals surface area contributed by atoms with Crippen LogP contribution in [0.4, 0.5) is 14.5 Å². The largest absolute Gasteiger partial charge is 0.369 e. The van der Waals surface area contributed by atoms with E-state index >= 15 is 0 Å². The van der Waals surface area contributed by atoms with Gasteiger partial charge >= 0.3 is 6.55 Å². The number of imidazole rings is 1. The van der Waals surface area contributed by atoms with Crippen molar-refractivity contribution in [2.45, 2.75) is 13.1 Å². The van der Waals surface area contributed by atoms with Crippen molar-refractivity contribution < 1.29 is 8.78 Å². The van der Waals surface area contributed by atoms with Crippen molar-refractivity contribution in [2.75, 3.05) is 31.1 Å². The lowest BCUT2D eigenvalue weighted by atomic mass is 10.2. The Labute approximate surface area is 145 Å². The van der Waals surface area contributed by atoms with Crippen molar-refractivity contribution in [3.63, 3.8) is 0 Å². The van der Waals surface area contributed by atoms with Crippen LogP contribution >= 0.6 is 0 Å². The lowest BCUT2D eigenvalue weighted by molar-refractivity contribution is 0.0681. The number of nitrogens with zero attached hydrogens (tertiary/aromatic N) is 4. The SMILES string of the molecule is FC(F)n1c(CN2CCN(c3ccccc3)CC2)nc2ccccc21. The van der Waals surface area contributed by atoms with Crippen molar-refractivity contribution >= 4 is 16.7 Å². The Kier molecular flexibility index (Phi) is 4.36. The molecule has 0 saturated carbocycles. The van der Waals surface area contributed by atoms with E-state index in [9.17, 15) is 8.78 Å². The van der Waals surface area contributed by atoms with E-state index in [1.54, 1.807) is 18.2 Å². The van der Waals surface area contributed by atoms with Crippen LogP contribution in [0.3, 0.4) is 0 Å². The number of para-hydroxylation sites is 3. The molecule has 0 unspecified atom stereocenters. The molecule has 0 spiro atoms. The van der Waals surface area contributed by atoms with Crippen LogP contribution in [-0.4, -0.2) is 40.6 Å². The molecule has 2 aromatic carbocycles. The third-order valence-corrected chi connectivity index (χ3v) is 4.72. The van der Waals surface area contributed by atoms with E-state index in [1.807, 2.05) is 24.3 Å². The summed E-state index contributed by atoms with van der Waals surface area (Å²) < 4.78 is 28.1. The maximum Gasteiger partial charge on any atom is 0.320 e. The quantitative estimate of drug-likeness (QED) is 0.722. The molecule has 130 valence electrons. The molecule has 4 nitrogen and oxygen atoms in total. The number of halogens is 2. The van der Waals surface area contributed by atoms with Crippen LogP contribution in [0.5, 0.6) is 0 Å². The Bertz CT molecular complexity index is 839. The first-order chi connectivity index (χ1) is 12.2. The maximum atomic E-state index is 13.5. The van der Waals surface area contributed by atoms with Crippen LogP contribution in [0, 0.1) is 0 Å². The van der Waals surface area contributed by atoms with Crippen LogP contribution < -0.4 is 4.90 Å². The zero-order chi connectivity index (χ0) is 17.2. The molecule has 25 heavy (non-hydrogen) atoms. The molecule has 0 radical (unpaired) electrons. The molecule has 0 amide bonds. The fourth-order valence-electron chi connectivity index (χ4n) is 3.43. The number of piperazine rings is 1. The van der Waals surface area contributed by atoms with Crippen LogP contribution in [0.15, 0.2) is 54.6 Å². The standard InChI is InChI=1S/C19H20F2N4/c20-19(21)25-17-9-5-4-8-16(17)22-18(25)14-23-10-12-24(13-11-23)15-6-2-1-3-7-15/h1-9,19H,10-14H2. The number of anilines is 1.